The average molecular weight is 398 g/mol. The summed E-state index contributed by atoms with van der Waals surface area (Å²) in [6.45, 7) is 4.66. The molecule has 1 amide bonds. The highest BCUT2D eigenvalue weighted by Crippen LogP contribution is 2.25. The third-order valence-corrected chi connectivity index (χ3v) is 4.56. The van der Waals surface area contributed by atoms with Crippen LogP contribution in [-0.4, -0.2) is 27.2 Å². The summed E-state index contributed by atoms with van der Waals surface area (Å²) in [5.41, 5.74) is 2.36. The van der Waals surface area contributed by atoms with Crippen molar-refractivity contribution < 1.29 is 14.1 Å². The molecule has 10 heteroatoms. The van der Waals surface area contributed by atoms with Gasteiger partial charge in [0, 0.05) is 13.0 Å². The number of nitro groups is 1. The van der Waals surface area contributed by atoms with Crippen molar-refractivity contribution >= 4 is 29.7 Å². The topological polar surface area (TPSA) is 102 Å². The predicted molar refractivity (Wildman–Crippen MR) is 101 cm³/mol. The van der Waals surface area contributed by atoms with Crippen molar-refractivity contribution in [3.63, 3.8) is 0 Å². The lowest BCUT2D eigenvalue weighted by Gasteiger charge is -2.19. The van der Waals surface area contributed by atoms with Crippen molar-refractivity contribution in [3.8, 4) is 0 Å². The van der Waals surface area contributed by atoms with Crippen LogP contribution in [0.2, 0.25) is 0 Å². The summed E-state index contributed by atoms with van der Waals surface area (Å²) in [4.78, 5) is 22.7. The molecule has 0 fully saturated rings. The highest BCUT2D eigenvalue weighted by Gasteiger charge is 2.22. The minimum Gasteiger partial charge on any atom is -0.324 e. The molecule has 0 atom stereocenters. The quantitative estimate of drug-likeness (QED) is 0.596. The van der Waals surface area contributed by atoms with Crippen molar-refractivity contribution in [1.82, 2.24) is 15.1 Å². The van der Waals surface area contributed by atoms with Gasteiger partial charge in [0.2, 0.25) is 5.91 Å². The number of hydrogen-bond acceptors (Lipinski definition) is 5. The number of carbonyl (C=O) groups is 1. The zero-order valence-electron chi connectivity index (χ0n) is 15.0. The van der Waals surface area contributed by atoms with Gasteiger partial charge in [0.25, 0.3) is 0 Å². The molecule has 1 aromatic carbocycles. The number of amides is 1. The number of fused-ring (bicyclic) bond motifs is 1. The summed E-state index contributed by atoms with van der Waals surface area (Å²) in [6, 6.07) is 3.37. The lowest BCUT2D eigenvalue weighted by molar-refractivity contribution is -0.386. The summed E-state index contributed by atoms with van der Waals surface area (Å²) in [5.74, 6) is -0.757. The second-order valence-corrected chi connectivity index (χ2v) is 6.29. The number of aryl methyl sites for hydroxylation is 2. The Hall–Kier alpha value is -2.52. The highest BCUT2D eigenvalue weighted by atomic mass is 35.5. The molecule has 2 N–H and O–H groups in total. The van der Waals surface area contributed by atoms with Crippen LogP contribution < -0.4 is 10.6 Å². The van der Waals surface area contributed by atoms with Gasteiger partial charge in [-0.25, -0.2) is 4.39 Å². The number of benzene rings is 1. The van der Waals surface area contributed by atoms with Crippen LogP contribution in [0.15, 0.2) is 12.1 Å². The van der Waals surface area contributed by atoms with Crippen molar-refractivity contribution in [2.45, 2.75) is 39.8 Å². The smallest absolute Gasteiger partial charge is 0.312 e. The van der Waals surface area contributed by atoms with Crippen LogP contribution in [0.1, 0.15) is 28.9 Å². The maximum absolute atomic E-state index is 14.6. The van der Waals surface area contributed by atoms with Gasteiger partial charge in [0.05, 0.1) is 17.2 Å². The first-order chi connectivity index (χ1) is 12.4. The molecule has 0 saturated heterocycles. The van der Waals surface area contributed by atoms with Crippen LogP contribution in [0.5, 0.6) is 0 Å². The molecule has 3 rings (SSSR count). The van der Waals surface area contributed by atoms with E-state index >= 15 is 0 Å². The molecule has 27 heavy (non-hydrogen) atoms. The molecule has 2 heterocycles. The number of nitrogens with one attached hydrogen (secondary N) is 2. The van der Waals surface area contributed by atoms with Gasteiger partial charge in [0.1, 0.15) is 17.2 Å². The average Bonchev–Trinajstić information content (AvgIpc) is 2.89. The van der Waals surface area contributed by atoms with Crippen LogP contribution in [0, 0.1) is 29.8 Å². The fraction of sp³-hybridized carbons (Fsp3) is 0.412. The Morgan fingerprint density at radius 2 is 2.19 bits per heavy atom. The molecule has 0 unspecified atom stereocenters. The SMILES string of the molecule is Cc1nn(CCC(=O)Nc2ccc3c(c2F)CCNC3)c(C)c1[N+](=O)[O-].Cl. The van der Waals surface area contributed by atoms with Gasteiger partial charge < -0.3 is 10.6 Å². The zero-order valence-corrected chi connectivity index (χ0v) is 15.9. The van der Waals surface area contributed by atoms with E-state index in [4.69, 9.17) is 0 Å². The molecular weight excluding hydrogens is 377 g/mol. The second kappa shape index (κ2) is 8.45. The molecule has 146 valence electrons. The van der Waals surface area contributed by atoms with Gasteiger partial charge >= 0.3 is 5.69 Å². The second-order valence-electron chi connectivity index (χ2n) is 6.29. The third-order valence-electron chi connectivity index (χ3n) is 4.56. The first-order valence-corrected chi connectivity index (χ1v) is 8.37. The van der Waals surface area contributed by atoms with E-state index in [-0.39, 0.29) is 48.5 Å². The first-order valence-electron chi connectivity index (χ1n) is 8.37. The molecule has 0 bridgehead atoms. The molecule has 1 aliphatic rings. The number of halogens is 2. The zero-order chi connectivity index (χ0) is 18.8. The van der Waals surface area contributed by atoms with Crippen molar-refractivity contribution in [3.05, 3.63) is 50.6 Å². The van der Waals surface area contributed by atoms with Crippen LogP contribution in [0.25, 0.3) is 0 Å². The van der Waals surface area contributed by atoms with E-state index in [0.717, 1.165) is 5.56 Å². The Labute approximate surface area is 161 Å². The third kappa shape index (κ3) is 4.25. The van der Waals surface area contributed by atoms with Gasteiger partial charge in [-0.1, -0.05) is 6.07 Å². The van der Waals surface area contributed by atoms with Crippen LogP contribution in [0.4, 0.5) is 15.8 Å². The molecule has 2 aromatic rings. The summed E-state index contributed by atoms with van der Waals surface area (Å²) < 4.78 is 16.0. The lowest BCUT2D eigenvalue weighted by atomic mass is 9.99. The normalized spacial score (nSPS) is 12.9. The summed E-state index contributed by atoms with van der Waals surface area (Å²) in [7, 11) is 0. The number of aromatic nitrogens is 2. The molecule has 0 saturated carbocycles. The summed E-state index contributed by atoms with van der Waals surface area (Å²) in [6.07, 6.45) is 0.623. The fourth-order valence-electron chi connectivity index (χ4n) is 3.22. The molecule has 1 aromatic heterocycles. The van der Waals surface area contributed by atoms with E-state index < -0.39 is 4.92 Å². The van der Waals surface area contributed by atoms with Crippen LogP contribution >= 0.6 is 12.4 Å². The molecule has 0 radical (unpaired) electrons. The number of carbonyl (C=O) groups excluding carboxylic acids is 1. The van der Waals surface area contributed by atoms with Crippen LogP contribution in [-0.2, 0) is 24.3 Å². The van der Waals surface area contributed by atoms with E-state index in [2.05, 4.69) is 15.7 Å². The minimum atomic E-state index is -0.481. The van der Waals surface area contributed by atoms with Crippen molar-refractivity contribution in [1.29, 1.82) is 0 Å². The van der Waals surface area contributed by atoms with E-state index in [1.165, 1.54) is 4.68 Å². The van der Waals surface area contributed by atoms with E-state index in [1.807, 2.05) is 6.07 Å². The lowest BCUT2D eigenvalue weighted by Crippen LogP contribution is -2.25. The van der Waals surface area contributed by atoms with Gasteiger partial charge in [-0.05, 0) is 44.0 Å². The predicted octanol–water partition coefficient (Wildman–Crippen LogP) is 2.64. The number of rotatable bonds is 5. The van der Waals surface area contributed by atoms with E-state index in [9.17, 15) is 19.3 Å². The largest absolute Gasteiger partial charge is 0.324 e. The molecule has 1 aliphatic heterocycles. The Balaban J connectivity index is 0.00000261. The molecular formula is C17H21ClFN5O3. The van der Waals surface area contributed by atoms with Gasteiger partial charge in [0.15, 0.2) is 0 Å². The fourth-order valence-corrected chi connectivity index (χ4v) is 3.22. The summed E-state index contributed by atoms with van der Waals surface area (Å²) in [5, 5.41) is 20.9. The van der Waals surface area contributed by atoms with Gasteiger partial charge in [-0.15, -0.1) is 12.4 Å². The monoisotopic (exact) mass is 397 g/mol. The highest BCUT2D eigenvalue weighted by molar-refractivity contribution is 5.91. The maximum Gasteiger partial charge on any atom is 0.312 e. The summed E-state index contributed by atoms with van der Waals surface area (Å²) >= 11 is 0. The van der Waals surface area contributed by atoms with E-state index in [1.54, 1.807) is 19.9 Å². The number of hydrogen-bond donors (Lipinski definition) is 2. The van der Waals surface area contributed by atoms with Crippen LogP contribution in [0.3, 0.4) is 0 Å². The van der Waals surface area contributed by atoms with Gasteiger partial charge in [-0.3, -0.25) is 19.6 Å². The molecule has 0 aliphatic carbocycles. The van der Waals surface area contributed by atoms with Gasteiger partial charge in [-0.2, -0.15) is 5.10 Å². The maximum atomic E-state index is 14.6. The Morgan fingerprint density at radius 1 is 1.44 bits per heavy atom. The molecule has 0 spiro atoms. The Morgan fingerprint density at radius 3 is 2.85 bits per heavy atom. The minimum absolute atomic E-state index is 0. The van der Waals surface area contributed by atoms with Crippen molar-refractivity contribution in [2.75, 3.05) is 11.9 Å². The van der Waals surface area contributed by atoms with E-state index in [0.29, 0.717) is 36.5 Å². The van der Waals surface area contributed by atoms with Crippen molar-refractivity contribution in [2.24, 2.45) is 0 Å². The Bertz CT molecular complexity index is 884. The Kier molecular flexibility index (Phi) is 6.50. The standard InChI is InChI=1S/C17H20FN5O3.ClH/c1-10-17(23(25)26)11(2)22(21-10)8-6-15(24)20-14-4-3-12-9-19-7-5-13(12)16(14)18;/h3-4,19H,5-9H2,1-2H3,(H,20,24);1H. The first kappa shape index (κ1) is 20.8. The number of nitrogens with zero attached hydrogens (tertiary/aromatic N) is 3. The number of anilines is 1. The molecule has 8 nitrogen and oxygen atoms in total.